The predicted octanol–water partition coefficient (Wildman–Crippen LogP) is 5.47. The molecule has 3 rings (SSSR count). The molecule has 0 saturated carbocycles. The number of ketones is 1. The van der Waals surface area contributed by atoms with E-state index in [2.05, 4.69) is 23.1 Å². The molecule has 22 nitrogen and oxygen atoms in total. The summed E-state index contributed by atoms with van der Waals surface area (Å²) >= 11 is 0. The van der Waals surface area contributed by atoms with Gasteiger partial charge in [0.05, 0.1) is 37.6 Å². The fourth-order valence-electron chi connectivity index (χ4n) is 8.43. The highest BCUT2D eigenvalue weighted by molar-refractivity contribution is 7.61. The Morgan fingerprint density at radius 3 is 2.13 bits per heavy atom. The molecule has 3 heterocycles. The third kappa shape index (κ3) is 24.3. The van der Waals surface area contributed by atoms with Crippen LogP contribution in [0.2, 0.25) is 0 Å². The molecule has 1 aromatic rings. The van der Waals surface area contributed by atoms with Gasteiger partial charge in [0.1, 0.15) is 36.6 Å². The van der Waals surface area contributed by atoms with Gasteiger partial charge >= 0.3 is 33.3 Å². The average molecular weight is 1050 g/mol. The van der Waals surface area contributed by atoms with E-state index >= 15 is 0 Å². The van der Waals surface area contributed by atoms with Crippen molar-refractivity contribution in [3.63, 3.8) is 0 Å². The molecule has 0 radical (unpaired) electrons. The zero-order chi connectivity index (χ0) is 52.6. The van der Waals surface area contributed by atoms with E-state index in [0.29, 0.717) is 25.2 Å². The summed E-state index contributed by atoms with van der Waals surface area (Å²) in [4.78, 5) is 77.8. The fraction of sp³-hybridized carbons (Fsp3) is 0.809. The van der Waals surface area contributed by atoms with Gasteiger partial charge in [-0.15, -0.1) is 0 Å². The largest absolute Gasteiger partial charge is 0.481 e. The Morgan fingerprint density at radius 2 is 1.48 bits per heavy atom. The fourth-order valence-corrected chi connectivity index (χ4v) is 10.5. The first-order valence-electron chi connectivity index (χ1n) is 25.2. The molecule has 0 aromatic carbocycles. The quantitative estimate of drug-likeness (QED) is 0.0347. The van der Waals surface area contributed by atoms with Crippen molar-refractivity contribution in [2.24, 2.45) is 17.8 Å². The first-order chi connectivity index (χ1) is 33.6. The second-order valence-electron chi connectivity index (χ2n) is 19.1. The van der Waals surface area contributed by atoms with Crippen molar-refractivity contribution < 1.29 is 86.4 Å². The number of phosphoric acid groups is 2. The Hall–Kier alpha value is -2.95. The van der Waals surface area contributed by atoms with E-state index < -0.39 is 133 Å². The minimum atomic E-state index is -5.76. The number of aliphatic hydroxyl groups excluding tert-OH is 5. The number of esters is 2. The van der Waals surface area contributed by atoms with Crippen LogP contribution in [-0.4, -0.2) is 125 Å². The second-order valence-corrected chi connectivity index (χ2v) is 22.2. The minimum Gasteiger partial charge on any atom is -0.462 e. The normalized spacial score (nSPS) is 30.9. The summed E-state index contributed by atoms with van der Waals surface area (Å²) in [6, 6.07) is 1.18. The molecule has 0 aliphatic carbocycles. The van der Waals surface area contributed by atoms with Crippen molar-refractivity contribution >= 4 is 39.2 Å². The lowest BCUT2D eigenvalue weighted by Crippen LogP contribution is -2.52. The summed E-state index contributed by atoms with van der Waals surface area (Å²) in [6.45, 7) is 3.53. The van der Waals surface area contributed by atoms with Gasteiger partial charge in [-0.05, 0) is 37.7 Å². The summed E-state index contributed by atoms with van der Waals surface area (Å²) in [5.74, 6) is -4.48. The monoisotopic (exact) mass is 1050 g/mol. The molecule has 2 bridgehead atoms. The van der Waals surface area contributed by atoms with Gasteiger partial charge in [0.25, 0.3) is 0 Å². The van der Waals surface area contributed by atoms with E-state index in [1.54, 1.807) is 0 Å². The molecule has 12 atom stereocenters. The van der Waals surface area contributed by atoms with E-state index in [0.717, 1.165) is 55.7 Å². The van der Waals surface area contributed by atoms with Crippen LogP contribution in [0.15, 0.2) is 29.2 Å². The molecule has 2 aliphatic rings. The van der Waals surface area contributed by atoms with Crippen LogP contribution >= 0.6 is 15.6 Å². The molecule has 24 heteroatoms. The van der Waals surface area contributed by atoms with E-state index in [1.165, 1.54) is 43.9 Å². The van der Waals surface area contributed by atoms with E-state index in [-0.39, 0.29) is 37.9 Å². The van der Waals surface area contributed by atoms with Crippen LogP contribution in [-0.2, 0) is 51.1 Å². The van der Waals surface area contributed by atoms with Gasteiger partial charge in [-0.3, -0.25) is 28.0 Å². The van der Waals surface area contributed by atoms with Crippen LogP contribution in [0.1, 0.15) is 162 Å². The predicted molar refractivity (Wildman–Crippen MR) is 259 cm³/mol. The molecular weight excluding hydrogens is 972 g/mol. The Balaban J connectivity index is 1.89. The molecule has 2 saturated heterocycles. The summed E-state index contributed by atoms with van der Waals surface area (Å²) in [6.07, 6.45) is 1.18. The lowest BCUT2D eigenvalue weighted by atomic mass is 9.82. The number of Topliss-reactive ketones (excluding diaryl/α,β-unsaturated/α-hetero) is 1. The van der Waals surface area contributed by atoms with Gasteiger partial charge in [-0.25, -0.2) is 13.9 Å². The number of rotatable bonds is 20. The van der Waals surface area contributed by atoms with E-state index in [4.69, 9.17) is 29.0 Å². The highest BCUT2D eigenvalue weighted by Crippen LogP contribution is 2.60. The number of hydrogen-bond donors (Lipinski definition) is 8. The number of nitrogens with two attached hydrogens (primary N) is 1. The molecule has 2 unspecified atom stereocenters. The molecule has 1 aromatic heterocycles. The second kappa shape index (κ2) is 32.4. The summed E-state index contributed by atoms with van der Waals surface area (Å²) in [5.41, 5.74) is 4.66. The van der Waals surface area contributed by atoms with Gasteiger partial charge in [0.2, 0.25) is 0 Å². The first kappa shape index (κ1) is 62.3. The van der Waals surface area contributed by atoms with Gasteiger partial charge in [-0.2, -0.15) is 9.29 Å². The van der Waals surface area contributed by atoms with Crippen molar-refractivity contribution in [3.05, 3.63) is 34.9 Å². The maximum atomic E-state index is 13.7. The number of hydrogen-bond acceptors (Lipinski definition) is 19. The number of nitrogens with zero attached hydrogens (tertiary/aromatic N) is 2. The van der Waals surface area contributed by atoms with Crippen molar-refractivity contribution in [2.45, 2.75) is 205 Å². The Kier molecular flexibility index (Phi) is 28.4. The molecule has 2 aliphatic heterocycles. The first-order valence-corrected chi connectivity index (χ1v) is 28.2. The highest BCUT2D eigenvalue weighted by Gasteiger charge is 2.45. The number of anilines is 1. The van der Waals surface area contributed by atoms with Crippen LogP contribution in [0.4, 0.5) is 5.82 Å². The maximum Gasteiger partial charge on any atom is 0.481 e. The van der Waals surface area contributed by atoms with Crippen LogP contribution in [0.3, 0.4) is 0 Å². The number of carbonyl (C=O) groups excluding carboxylic acids is 3. The van der Waals surface area contributed by atoms with Crippen LogP contribution in [0.25, 0.3) is 0 Å². The number of phosphoric ester groups is 2. The third-order valence-electron chi connectivity index (χ3n) is 12.5. The van der Waals surface area contributed by atoms with E-state index in [1.807, 2.05) is 6.92 Å². The van der Waals surface area contributed by atoms with Gasteiger partial charge in [0, 0.05) is 50.1 Å². The van der Waals surface area contributed by atoms with Crippen molar-refractivity contribution in [3.8, 4) is 0 Å². The maximum absolute atomic E-state index is 13.7. The van der Waals surface area contributed by atoms with Gasteiger partial charge < -0.3 is 55.3 Å². The summed E-state index contributed by atoms with van der Waals surface area (Å²) in [7, 11) is -11.4. The van der Waals surface area contributed by atoms with Crippen molar-refractivity contribution in [1.29, 1.82) is 0 Å². The lowest BCUT2D eigenvalue weighted by Gasteiger charge is -2.40. The molecular formula is C47H81N3O19P2. The number of cyclic esters (lactones) is 1. The van der Waals surface area contributed by atoms with Crippen LogP contribution in [0, 0.1) is 17.8 Å². The van der Waals surface area contributed by atoms with Crippen molar-refractivity contribution in [1.82, 2.24) is 9.55 Å². The smallest absolute Gasteiger partial charge is 0.462 e. The zero-order valence-corrected chi connectivity index (χ0v) is 43.3. The number of nitrogen functional groups attached to an aromatic ring is 1. The summed E-state index contributed by atoms with van der Waals surface area (Å²) < 4.78 is 58.7. The van der Waals surface area contributed by atoms with Gasteiger partial charge in [-0.1, -0.05) is 110 Å². The third-order valence-corrected chi connectivity index (χ3v) is 15.1. The summed E-state index contributed by atoms with van der Waals surface area (Å²) in [5, 5.41) is 57.4. The Labute approximate surface area is 416 Å². The molecule has 71 heavy (non-hydrogen) atoms. The standard InChI is InChI=1S/C47H81N3O19P2/c1-4-5-13-19-33(51)23-24-36-38(53)28-39(54)37-27-34(52)20-16-17-21-42(55)64-29-35(67-43(56)22-15-12-10-8-6-7-9-11-14-18-32(2)3)30-65-70(60,61)69-71(62,63)66-31-40(45(58)44(36)57)68-46(37)50-26-25-41(48)49-47(50)59/h23-26,32-33,35-40,44-46,51,53-54,57-58H,4-22,27-31H2,1-3H3,(H,60,61)(H,62,63)(H2,48,49,59)/b24-23+/t33-,35+,36-,37-,38+,39-,40+,44-,45+,46+/m0/s1. The molecule has 0 amide bonds. The number of aliphatic hydroxyl groups is 5. The number of unbranched alkanes of at least 4 members (excludes halogenated alkanes) is 10. The van der Waals surface area contributed by atoms with Crippen LogP contribution < -0.4 is 11.4 Å². The Bertz CT molecular complexity index is 1940. The topological polar surface area (TPSA) is 343 Å². The van der Waals surface area contributed by atoms with Crippen molar-refractivity contribution in [2.75, 3.05) is 25.6 Å². The zero-order valence-electron chi connectivity index (χ0n) is 41.5. The van der Waals surface area contributed by atoms with E-state index in [9.17, 15) is 63.6 Å². The Morgan fingerprint density at radius 1 is 0.859 bits per heavy atom. The highest BCUT2D eigenvalue weighted by atomic mass is 31.3. The molecule has 2 fully saturated rings. The number of carbonyl (C=O) groups is 3. The molecule has 408 valence electrons. The molecule has 0 spiro atoms. The number of aromatic nitrogens is 2. The number of ether oxygens (including phenoxy) is 3. The van der Waals surface area contributed by atoms with Gasteiger partial charge in [0.15, 0.2) is 6.10 Å². The minimum absolute atomic E-state index is 0.0242. The SMILES string of the molecule is CCCCC[C@H](O)/C=C/[C@@H]1[C@H](O)[C@H](O)[C@H]2COP(=O)(O)OP(=O)(O)OC[C@H](OC(=O)CCCCCCCCCCCC(C)C)COC(=O)CCCCC(=O)C[C@H]([C@H](n3ccc(N)nc3=O)O2)[C@@H](O)C[C@H]1O. The average Bonchev–Trinajstić information content (AvgIpc) is 3.29. The number of fused-ring (bicyclic) bond motifs is 3. The lowest BCUT2D eigenvalue weighted by molar-refractivity contribution is -0.196. The van der Waals surface area contributed by atoms with Crippen LogP contribution in [0.5, 0.6) is 0 Å². The molecule has 9 N–H and O–H groups in total.